The Hall–Kier alpha value is -2.33. The van der Waals surface area contributed by atoms with Crippen LogP contribution in [-0.4, -0.2) is 36.7 Å². The Bertz CT molecular complexity index is 975. The molecule has 1 N–H and O–H groups in total. The Balaban J connectivity index is 1.33. The number of piperidine rings is 3. The number of ether oxygens (including phenoxy) is 1. The topological polar surface area (TPSA) is 41.6 Å². The SMILES string of the molecule is CCc1cccc(-c2ccc3c(c2)CC(C)(C)C3NC(=O)O[C@H]2CN3CCC2CC3)c1. The highest BCUT2D eigenvalue weighted by atomic mass is 16.6. The molecule has 31 heavy (non-hydrogen) atoms. The van der Waals surface area contributed by atoms with Gasteiger partial charge in [0.15, 0.2) is 0 Å². The van der Waals surface area contributed by atoms with Crippen LogP contribution in [0.15, 0.2) is 42.5 Å². The summed E-state index contributed by atoms with van der Waals surface area (Å²) in [6, 6.07) is 15.5. The highest BCUT2D eigenvalue weighted by Crippen LogP contribution is 2.46. The van der Waals surface area contributed by atoms with Gasteiger partial charge in [-0.15, -0.1) is 0 Å². The van der Waals surface area contributed by atoms with E-state index in [0.29, 0.717) is 5.92 Å². The predicted octanol–water partition coefficient (Wildman–Crippen LogP) is 5.36. The number of hydrogen-bond donors (Lipinski definition) is 1. The van der Waals surface area contributed by atoms with Gasteiger partial charge in [0.1, 0.15) is 6.10 Å². The number of alkyl carbamates (subject to hydrolysis) is 1. The van der Waals surface area contributed by atoms with E-state index in [1.807, 2.05) is 0 Å². The first-order valence-electron chi connectivity index (χ1n) is 11.8. The van der Waals surface area contributed by atoms with Crippen LogP contribution in [0.25, 0.3) is 11.1 Å². The number of carbonyl (C=O) groups excluding carboxylic acids is 1. The third-order valence-corrected chi connectivity index (χ3v) is 7.67. The van der Waals surface area contributed by atoms with Crippen molar-refractivity contribution in [2.75, 3.05) is 19.6 Å². The number of hydrogen-bond acceptors (Lipinski definition) is 3. The van der Waals surface area contributed by atoms with Gasteiger partial charge in [0, 0.05) is 6.54 Å². The molecule has 4 nitrogen and oxygen atoms in total. The fraction of sp³-hybridized carbons (Fsp3) is 0.519. The van der Waals surface area contributed by atoms with Gasteiger partial charge in [0.2, 0.25) is 0 Å². The van der Waals surface area contributed by atoms with Crippen molar-refractivity contribution in [2.24, 2.45) is 11.3 Å². The second-order valence-corrected chi connectivity index (χ2v) is 10.3. The lowest BCUT2D eigenvalue weighted by Gasteiger charge is -2.44. The zero-order valence-corrected chi connectivity index (χ0v) is 19.0. The van der Waals surface area contributed by atoms with Crippen LogP contribution in [-0.2, 0) is 17.6 Å². The zero-order valence-electron chi connectivity index (χ0n) is 19.0. The zero-order chi connectivity index (χ0) is 21.6. The second kappa shape index (κ2) is 7.98. The summed E-state index contributed by atoms with van der Waals surface area (Å²) in [6.45, 7) is 9.86. The Kier molecular flexibility index (Phi) is 5.29. The van der Waals surface area contributed by atoms with Gasteiger partial charge in [-0.3, -0.25) is 4.90 Å². The average molecular weight is 419 g/mol. The molecule has 1 amide bonds. The van der Waals surface area contributed by atoms with Crippen molar-refractivity contribution in [2.45, 2.75) is 58.6 Å². The molecule has 2 bridgehead atoms. The minimum atomic E-state index is -0.260. The summed E-state index contributed by atoms with van der Waals surface area (Å²) in [6.07, 6.45) is 4.08. The van der Waals surface area contributed by atoms with Crippen molar-refractivity contribution in [3.63, 3.8) is 0 Å². The maximum absolute atomic E-state index is 12.8. The van der Waals surface area contributed by atoms with Gasteiger partial charge in [0.05, 0.1) is 6.04 Å². The van der Waals surface area contributed by atoms with E-state index in [4.69, 9.17) is 4.74 Å². The van der Waals surface area contributed by atoms with Crippen molar-refractivity contribution in [3.8, 4) is 11.1 Å². The van der Waals surface area contributed by atoms with Gasteiger partial charge in [-0.1, -0.05) is 63.2 Å². The van der Waals surface area contributed by atoms with E-state index in [9.17, 15) is 4.79 Å². The third kappa shape index (κ3) is 3.98. The molecule has 164 valence electrons. The summed E-state index contributed by atoms with van der Waals surface area (Å²) >= 11 is 0. The molecule has 0 aromatic heterocycles. The van der Waals surface area contributed by atoms with Crippen molar-refractivity contribution in [1.29, 1.82) is 0 Å². The number of carbonyl (C=O) groups is 1. The number of nitrogens with one attached hydrogen (secondary N) is 1. The largest absolute Gasteiger partial charge is 0.445 e. The smallest absolute Gasteiger partial charge is 0.407 e. The molecule has 2 aromatic carbocycles. The van der Waals surface area contributed by atoms with Crippen LogP contribution in [0.4, 0.5) is 4.79 Å². The first-order valence-corrected chi connectivity index (χ1v) is 11.8. The molecule has 3 saturated heterocycles. The van der Waals surface area contributed by atoms with E-state index in [2.05, 4.69) is 73.5 Å². The van der Waals surface area contributed by atoms with Crippen LogP contribution in [0.5, 0.6) is 0 Å². The molecule has 0 saturated carbocycles. The summed E-state index contributed by atoms with van der Waals surface area (Å²) in [5, 5.41) is 3.23. The highest BCUT2D eigenvalue weighted by Gasteiger charge is 2.42. The lowest BCUT2D eigenvalue weighted by molar-refractivity contribution is -0.0348. The van der Waals surface area contributed by atoms with Crippen molar-refractivity contribution in [1.82, 2.24) is 10.2 Å². The van der Waals surface area contributed by atoms with Crippen LogP contribution >= 0.6 is 0 Å². The number of rotatable bonds is 4. The summed E-state index contributed by atoms with van der Waals surface area (Å²) < 4.78 is 5.92. The Morgan fingerprint density at radius 3 is 2.61 bits per heavy atom. The Labute approximate surface area is 186 Å². The van der Waals surface area contributed by atoms with E-state index in [-0.39, 0.29) is 23.7 Å². The van der Waals surface area contributed by atoms with E-state index in [0.717, 1.165) is 45.3 Å². The minimum absolute atomic E-state index is 0.0212. The van der Waals surface area contributed by atoms with Crippen molar-refractivity contribution >= 4 is 6.09 Å². The summed E-state index contributed by atoms with van der Waals surface area (Å²) in [5.74, 6) is 0.529. The normalized spacial score (nSPS) is 28.2. The predicted molar refractivity (Wildman–Crippen MR) is 124 cm³/mol. The molecule has 1 unspecified atom stereocenters. The molecule has 6 rings (SSSR count). The van der Waals surface area contributed by atoms with E-state index >= 15 is 0 Å². The van der Waals surface area contributed by atoms with Crippen LogP contribution in [0.1, 0.15) is 56.3 Å². The Morgan fingerprint density at radius 2 is 1.90 bits per heavy atom. The summed E-state index contributed by atoms with van der Waals surface area (Å²) in [7, 11) is 0. The third-order valence-electron chi connectivity index (χ3n) is 7.67. The number of nitrogens with zero attached hydrogens (tertiary/aromatic N) is 1. The molecule has 0 radical (unpaired) electrons. The molecule has 3 heterocycles. The first kappa shape index (κ1) is 20.6. The van der Waals surface area contributed by atoms with E-state index < -0.39 is 0 Å². The highest BCUT2D eigenvalue weighted by molar-refractivity contribution is 5.70. The molecule has 0 spiro atoms. The maximum Gasteiger partial charge on any atom is 0.407 e. The molecule has 1 aliphatic carbocycles. The molecular weight excluding hydrogens is 384 g/mol. The Morgan fingerprint density at radius 1 is 1.13 bits per heavy atom. The monoisotopic (exact) mass is 418 g/mol. The number of benzene rings is 2. The van der Waals surface area contributed by atoms with Crippen molar-refractivity contribution in [3.05, 3.63) is 59.2 Å². The van der Waals surface area contributed by atoms with E-state index in [1.54, 1.807) is 0 Å². The number of fused-ring (bicyclic) bond motifs is 4. The van der Waals surface area contributed by atoms with Gasteiger partial charge in [-0.25, -0.2) is 4.79 Å². The molecule has 2 atom stereocenters. The standard InChI is InChI=1S/C27H34N2O2/c1-4-18-6-5-7-20(14-18)21-8-9-23-22(15-21)16-27(2,3)25(23)28-26(30)31-24-17-29-12-10-19(24)11-13-29/h5-9,14-15,19,24-25H,4,10-13,16-17H2,1-3H3,(H,28,30)/t24-,25?/m0/s1. The molecule has 4 aliphatic rings. The van der Waals surface area contributed by atoms with Crippen molar-refractivity contribution < 1.29 is 9.53 Å². The molecule has 2 aromatic rings. The summed E-state index contributed by atoms with van der Waals surface area (Å²) in [5.41, 5.74) is 6.39. The van der Waals surface area contributed by atoms with E-state index in [1.165, 1.54) is 27.8 Å². The second-order valence-electron chi connectivity index (χ2n) is 10.3. The molecule has 3 fully saturated rings. The maximum atomic E-state index is 12.8. The molecule has 3 aliphatic heterocycles. The fourth-order valence-electron chi connectivity index (χ4n) is 5.81. The average Bonchev–Trinajstić information content (AvgIpc) is 3.03. The van der Waals surface area contributed by atoms with Gasteiger partial charge >= 0.3 is 6.09 Å². The molecular formula is C27H34N2O2. The lowest BCUT2D eigenvalue weighted by Crippen LogP contribution is -2.53. The first-order chi connectivity index (χ1) is 14.9. The van der Waals surface area contributed by atoms with Gasteiger partial charge in [-0.2, -0.15) is 0 Å². The fourth-order valence-corrected chi connectivity index (χ4v) is 5.81. The number of aryl methyl sites for hydroxylation is 1. The lowest BCUT2D eigenvalue weighted by atomic mass is 9.85. The summed E-state index contributed by atoms with van der Waals surface area (Å²) in [4.78, 5) is 15.3. The van der Waals surface area contributed by atoms with Gasteiger partial charge < -0.3 is 10.1 Å². The quantitative estimate of drug-likeness (QED) is 0.727. The van der Waals surface area contributed by atoms with Crippen LogP contribution in [0.2, 0.25) is 0 Å². The van der Waals surface area contributed by atoms with Crippen LogP contribution < -0.4 is 5.32 Å². The van der Waals surface area contributed by atoms with Crippen LogP contribution in [0.3, 0.4) is 0 Å². The van der Waals surface area contributed by atoms with Crippen LogP contribution in [0, 0.1) is 11.3 Å². The number of amides is 1. The van der Waals surface area contributed by atoms with Gasteiger partial charge in [-0.05, 0) is 77.9 Å². The minimum Gasteiger partial charge on any atom is -0.445 e. The van der Waals surface area contributed by atoms with Gasteiger partial charge in [0.25, 0.3) is 0 Å². The molecule has 4 heteroatoms.